The van der Waals surface area contributed by atoms with Crippen LogP contribution in [0.1, 0.15) is 28.1 Å². The van der Waals surface area contributed by atoms with E-state index in [0.717, 1.165) is 33.9 Å². The van der Waals surface area contributed by atoms with Gasteiger partial charge < -0.3 is 14.6 Å². The Morgan fingerprint density at radius 1 is 1.15 bits per heavy atom. The Morgan fingerprint density at radius 3 is 2.52 bits per heavy atom. The van der Waals surface area contributed by atoms with Gasteiger partial charge in [-0.05, 0) is 56.2 Å². The second-order valence-electron chi connectivity index (χ2n) is 6.44. The molecule has 1 aromatic heterocycles. The highest BCUT2D eigenvalue weighted by Gasteiger charge is 2.10. The summed E-state index contributed by atoms with van der Waals surface area (Å²) in [4.78, 5) is 12.2. The molecular formula is C21H21ClN2O3. The topological polar surface area (TPSA) is 64.4 Å². The maximum absolute atomic E-state index is 12.2. The van der Waals surface area contributed by atoms with Crippen molar-refractivity contribution in [2.24, 2.45) is 0 Å². The maximum Gasteiger partial charge on any atom is 0.228 e. The van der Waals surface area contributed by atoms with Gasteiger partial charge in [-0.1, -0.05) is 35.0 Å². The monoisotopic (exact) mass is 384 g/mol. The van der Waals surface area contributed by atoms with Crippen LogP contribution in [0.25, 0.3) is 0 Å². The minimum absolute atomic E-state index is 0.120. The lowest BCUT2D eigenvalue weighted by Gasteiger charge is -2.09. The summed E-state index contributed by atoms with van der Waals surface area (Å²) in [6.07, 6.45) is 0.258. The van der Waals surface area contributed by atoms with Crippen molar-refractivity contribution in [3.63, 3.8) is 0 Å². The van der Waals surface area contributed by atoms with E-state index in [-0.39, 0.29) is 12.3 Å². The molecule has 140 valence electrons. The molecule has 0 aliphatic heterocycles. The largest absolute Gasteiger partial charge is 0.489 e. The minimum atomic E-state index is -0.120. The number of halogens is 1. The van der Waals surface area contributed by atoms with Crippen molar-refractivity contribution < 1.29 is 14.1 Å². The van der Waals surface area contributed by atoms with Crippen LogP contribution >= 0.6 is 11.6 Å². The molecule has 0 atom stereocenters. The zero-order valence-electron chi connectivity index (χ0n) is 15.5. The molecule has 0 unspecified atom stereocenters. The summed E-state index contributed by atoms with van der Waals surface area (Å²) in [7, 11) is 0. The SMILES string of the molecule is Cc1ccc(NC(=O)Cc2ccc(OCc3c(C)noc3C)cc2)c(Cl)c1. The number of ether oxygens (including phenoxy) is 1. The smallest absolute Gasteiger partial charge is 0.228 e. The second-order valence-corrected chi connectivity index (χ2v) is 6.85. The second kappa shape index (κ2) is 8.27. The summed E-state index contributed by atoms with van der Waals surface area (Å²) < 4.78 is 10.9. The zero-order chi connectivity index (χ0) is 19.4. The van der Waals surface area contributed by atoms with Gasteiger partial charge in [-0.15, -0.1) is 0 Å². The number of anilines is 1. The van der Waals surface area contributed by atoms with Crippen LogP contribution < -0.4 is 10.1 Å². The number of rotatable bonds is 6. The molecule has 0 saturated carbocycles. The molecule has 0 spiro atoms. The van der Waals surface area contributed by atoms with E-state index in [4.69, 9.17) is 20.9 Å². The fourth-order valence-electron chi connectivity index (χ4n) is 2.67. The first-order valence-electron chi connectivity index (χ1n) is 8.62. The molecule has 1 heterocycles. The molecule has 0 aliphatic carbocycles. The summed E-state index contributed by atoms with van der Waals surface area (Å²) in [6.45, 7) is 6.09. The number of benzene rings is 2. The Kier molecular flexibility index (Phi) is 5.81. The van der Waals surface area contributed by atoms with E-state index < -0.39 is 0 Å². The average Bonchev–Trinajstić information content (AvgIpc) is 2.95. The number of hydrogen-bond donors (Lipinski definition) is 1. The number of aryl methyl sites for hydroxylation is 3. The van der Waals surface area contributed by atoms with Crippen molar-refractivity contribution in [3.05, 3.63) is 75.6 Å². The number of nitrogens with one attached hydrogen (secondary N) is 1. The fraction of sp³-hybridized carbons (Fsp3) is 0.238. The van der Waals surface area contributed by atoms with Crippen molar-refractivity contribution in [1.29, 1.82) is 0 Å². The van der Waals surface area contributed by atoms with Crippen molar-refractivity contribution in [3.8, 4) is 5.75 Å². The van der Waals surface area contributed by atoms with Gasteiger partial charge in [0, 0.05) is 0 Å². The van der Waals surface area contributed by atoms with Crippen LogP contribution in [0.15, 0.2) is 47.0 Å². The van der Waals surface area contributed by atoms with Gasteiger partial charge in [0.15, 0.2) is 0 Å². The van der Waals surface area contributed by atoms with Crippen LogP contribution in [0.5, 0.6) is 5.75 Å². The molecule has 1 N–H and O–H groups in total. The molecule has 27 heavy (non-hydrogen) atoms. The van der Waals surface area contributed by atoms with E-state index in [2.05, 4.69) is 10.5 Å². The van der Waals surface area contributed by atoms with E-state index >= 15 is 0 Å². The first-order chi connectivity index (χ1) is 12.9. The van der Waals surface area contributed by atoms with Gasteiger partial charge in [-0.2, -0.15) is 0 Å². The number of nitrogens with zero attached hydrogens (tertiary/aromatic N) is 1. The van der Waals surface area contributed by atoms with Crippen LogP contribution in [0.4, 0.5) is 5.69 Å². The van der Waals surface area contributed by atoms with Crippen molar-refractivity contribution in [2.75, 3.05) is 5.32 Å². The van der Waals surface area contributed by atoms with E-state index in [1.54, 1.807) is 6.07 Å². The molecular weight excluding hydrogens is 364 g/mol. The Balaban J connectivity index is 1.56. The van der Waals surface area contributed by atoms with Gasteiger partial charge in [0.1, 0.15) is 18.1 Å². The quantitative estimate of drug-likeness (QED) is 0.648. The zero-order valence-corrected chi connectivity index (χ0v) is 16.3. The predicted octanol–water partition coefficient (Wildman–Crippen LogP) is 5.01. The fourth-order valence-corrected chi connectivity index (χ4v) is 2.95. The Bertz CT molecular complexity index is 929. The van der Waals surface area contributed by atoms with Gasteiger partial charge in [-0.25, -0.2) is 0 Å². The summed E-state index contributed by atoms with van der Waals surface area (Å²) >= 11 is 6.15. The first kappa shape index (κ1) is 19.0. The minimum Gasteiger partial charge on any atom is -0.489 e. The van der Waals surface area contributed by atoms with Gasteiger partial charge in [-0.3, -0.25) is 4.79 Å². The van der Waals surface area contributed by atoms with E-state index in [1.165, 1.54) is 0 Å². The molecule has 3 rings (SSSR count). The lowest BCUT2D eigenvalue weighted by Crippen LogP contribution is -2.14. The summed E-state index contributed by atoms with van der Waals surface area (Å²) in [5, 5.41) is 7.28. The van der Waals surface area contributed by atoms with Crippen LogP contribution in [-0.2, 0) is 17.8 Å². The molecule has 1 amide bonds. The third-order valence-corrected chi connectivity index (χ3v) is 4.56. The maximum atomic E-state index is 12.2. The van der Waals surface area contributed by atoms with Crippen LogP contribution in [0.3, 0.4) is 0 Å². The molecule has 0 saturated heterocycles. The van der Waals surface area contributed by atoms with E-state index in [1.807, 2.05) is 57.2 Å². The third kappa shape index (κ3) is 4.89. The highest BCUT2D eigenvalue weighted by atomic mass is 35.5. The molecule has 0 aliphatic rings. The highest BCUT2D eigenvalue weighted by Crippen LogP contribution is 2.23. The highest BCUT2D eigenvalue weighted by molar-refractivity contribution is 6.33. The Labute approximate surface area is 163 Å². The molecule has 6 heteroatoms. The normalized spacial score (nSPS) is 10.7. The van der Waals surface area contributed by atoms with Crippen molar-refractivity contribution >= 4 is 23.2 Å². The van der Waals surface area contributed by atoms with Crippen LogP contribution in [0, 0.1) is 20.8 Å². The van der Waals surface area contributed by atoms with E-state index in [0.29, 0.717) is 17.3 Å². The Hall–Kier alpha value is -2.79. The lowest BCUT2D eigenvalue weighted by molar-refractivity contribution is -0.115. The molecule has 2 aromatic carbocycles. The average molecular weight is 385 g/mol. The number of amides is 1. The third-order valence-electron chi connectivity index (χ3n) is 4.25. The summed E-state index contributed by atoms with van der Waals surface area (Å²) in [5.74, 6) is 1.36. The first-order valence-corrected chi connectivity index (χ1v) is 8.99. The molecule has 0 fully saturated rings. The van der Waals surface area contributed by atoms with Crippen LogP contribution in [-0.4, -0.2) is 11.1 Å². The summed E-state index contributed by atoms with van der Waals surface area (Å²) in [6, 6.07) is 13.0. The van der Waals surface area contributed by atoms with Crippen LogP contribution in [0.2, 0.25) is 5.02 Å². The van der Waals surface area contributed by atoms with Gasteiger partial charge in [0.25, 0.3) is 0 Å². The molecule has 0 radical (unpaired) electrons. The van der Waals surface area contributed by atoms with Crippen molar-refractivity contribution in [1.82, 2.24) is 5.16 Å². The molecule has 0 bridgehead atoms. The lowest BCUT2D eigenvalue weighted by atomic mass is 10.1. The number of hydrogen-bond acceptors (Lipinski definition) is 4. The van der Waals surface area contributed by atoms with Gasteiger partial charge >= 0.3 is 0 Å². The van der Waals surface area contributed by atoms with Crippen molar-refractivity contribution in [2.45, 2.75) is 33.8 Å². The number of aromatic nitrogens is 1. The number of carbonyl (C=O) groups is 1. The van der Waals surface area contributed by atoms with Gasteiger partial charge in [0.05, 0.1) is 28.4 Å². The standard InChI is InChI=1S/C21H21ClN2O3/c1-13-4-9-20(19(22)10-13)23-21(25)11-16-5-7-17(8-6-16)26-12-18-14(2)24-27-15(18)3/h4-10H,11-12H2,1-3H3,(H,23,25). The Morgan fingerprint density at radius 2 is 1.89 bits per heavy atom. The molecule has 5 nitrogen and oxygen atoms in total. The number of carbonyl (C=O) groups excluding carboxylic acids is 1. The summed E-state index contributed by atoms with van der Waals surface area (Å²) in [5.41, 5.74) is 4.33. The predicted molar refractivity (Wildman–Crippen MR) is 105 cm³/mol. The molecule has 3 aromatic rings. The van der Waals surface area contributed by atoms with Gasteiger partial charge in [0.2, 0.25) is 5.91 Å². The van der Waals surface area contributed by atoms with E-state index in [9.17, 15) is 4.79 Å².